The lowest BCUT2D eigenvalue weighted by Gasteiger charge is -2.05. The van der Waals surface area contributed by atoms with Crippen LogP contribution >= 0.6 is 0 Å². The van der Waals surface area contributed by atoms with Gasteiger partial charge in [0.1, 0.15) is 0 Å². The zero-order chi connectivity index (χ0) is 19.4. The van der Waals surface area contributed by atoms with Crippen molar-refractivity contribution in [2.45, 2.75) is 19.3 Å². The van der Waals surface area contributed by atoms with E-state index in [1.807, 2.05) is 12.1 Å². The number of esters is 1. The Labute approximate surface area is 155 Å². The molecule has 0 unspecified atom stereocenters. The van der Waals surface area contributed by atoms with Gasteiger partial charge in [-0.05, 0) is 54.3 Å². The van der Waals surface area contributed by atoms with E-state index in [0.717, 1.165) is 27.7 Å². The van der Waals surface area contributed by atoms with Crippen LogP contribution < -0.4 is 0 Å². The molecule has 0 saturated carbocycles. The van der Waals surface area contributed by atoms with Gasteiger partial charge in [-0.1, -0.05) is 0 Å². The molecule has 2 aromatic carbocycles. The smallest absolute Gasteiger partial charge is 0.305 e. The molecule has 0 radical (unpaired) electrons. The number of aryl methyl sites for hydroxylation is 1. The molecule has 0 bridgehead atoms. The number of aromatic nitrogens is 1. The van der Waals surface area contributed by atoms with Gasteiger partial charge in [-0.3, -0.25) is 14.9 Å². The molecule has 3 rings (SSSR count). The maximum atomic E-state index is 11.4. The molecule has 1 heterocycles. The lowest BCUT2D eigenvalue weighted by atomic mass is 9.99. The van der Waals surface area contributed by atoms with E-state index >= 15 is 0 Å². The van der Waals surface area contributed by atoms with E-state index < -0.39 is 4.92 Å². The number of nitrogens with one attached hydrogen (secondary N) is 1. The average molecular weight is 363 g/mol. The molecule has 3 aromatic rings. The summed E-state index contributed by atoms with van der Waals surface area (Å²) >= 11 is 0. The van der Waals surface area contributed by atoms with Gasteiger partial charge in [-0.15, -0.1) is 0 Å². The summed E-state index contributed by atoms with van der Waals surface area (Å²) in [5, 5.41) is 21.0. The van der Waals surface area contributed by atoms with E-state index in [4.69, 9.17) is 4.74 Å². The molecule has 0 aliphatic heterocycles. The monoisotopic (exact) mass is 363 g/mol. The number of nitrogens with zero attached hydrogens (tertiary/aromatic N) is 2. The number of ether oxygens (including phenoxy) is 1. The number of methoxy groups -OCH3 is 1. The molecule has 27 heavy (non-hydrogen) atoms. The summed E-state index contributed by atoms with van der Waals surface area (Å²) in [7, 11) is 1.36. The summed E-state index contributed by atoms with van der Waals surface area (Å²) in [5.41, 5.74) is 4.05. The van der Waals surface area contributed by atoms with Crippen molar-refractivity contribution < 1.29 is 14.5 Å². The fourth-order valence-corrected chi connectivity index (χ4v) is 3.08. The van der Waals surface area contributed by atoms with E-state index in [1.165, 1.54) is 19.2 Å². The molecule has 0 aliphatic carbocycles. The number of rotatable bonds is 6. The third kappa shape index (κ3) is 3.80. The molecule has 136 valence electrons. The van der Waals surface area contributed by atoms with Crippen LogP contribution in [0.15, 0.2) is 42.5 Å². The van der Waals surface area contributed by atoms with Crippen LogP contribution in [0.25, 0.3) is 22.2 Å². The minimum atomic E-state index is -0.439. The van der Waals surface area contributed by atoms with Gasteiger partial charge in [0, 0.05) is 35.2 Å². The van der Waals surface area contributed by atoms with Gasteiger partial charge in [-0.25, -0.2) is 0 Å². The number of non-ortho nitro benzene ring substituents is 1. The second-order valence-electron chi connectivity index (χ2n) is 6.08. The standard InChI is InChI=1S/C20H17N3O4/c1-27-19(24)4-2-3-16-17-11-13(12-21)5-10-18(17)22-20(16)14-6-8-15(9-7-14)23(25)26/h5-11,22H,2-4H2,1H3. The minimum absolute atomic E-state index is 0.0221. The van der Waals surface area contributed by atoms with Crippen LogP contribution in [-0.2, 0) is 16.0 Å². The first-order chi connectivity index (χ1) is 13.0. The topological polar surface area (TPSA) is 109 Å². The van der Waals surface area contributed by atoms with Crippen molar-refractivity contribution in [3.05, 3.63) is 63.7 Å². The van der Waals surface area contributed by atoms with Crippen LogP contribution in [0.2, 0.25) is 0 Å². The molecule has 0 fully saturated rings. The van der Waals surface area contributed by atoms with E-state index in [1.54, 1.807) is 18.2 Å². The number of fused-ring (bicyclic) bond motifs is 1. The first-order valence-corrected chi connectivity index (χ1v) is 8.40. The maximum Gasteiger partial charge on any atom is 0.305 e. The molecular formula is C20H17N3O4. The largest absolute Gasteiger partial charge is 0.469 e. The Morgan fingerprint density at radius 3 is 2.63 bits per heavy atom. The van der Waals surface area contributed by atoms with Crippen molar-refractivity contribution in [1.29, 1.82) is 5.26 Å². The second-order valence-corrected chi connectivity index (χ2v) is 6.08. The van der Waals surface area contributed by atoms with Crippen LogP contribution in [0.4, 0.5) is 5.69 Å². The Hall–Kier alpha value is -3.66. The number of carbonyl (C=O) groups is 1. The predicted octanol–water partition coefficient (Wildman–Crippen LogP) is 4.11. The quantitative estimate of drug-likeness (QED) is 0.403. The number of carbonyl (C=O) groups excluding carboxylic acids is 1. The summed E-state index contributed by atoms with van der Waals surface area (Å²) in [6.07, 6.45) is 1.49. The Balaban J connectivity index is 2.04. The highest BCUT2D eigenvalue weighted by Crippen LogP contribution is 2.33. The van der Waals surface area contributed by atoms with Gasteiger partial charge >= 0.3 is 5.97 Å². The number of hydrogen-bond acceptors (Lipinski definition) is 5. The molecule has 0 saturated heterocycles. The van der Waals surface area contributed by atoms with Gasteiger partial charge in [0.05, 0.1) is 23.7 Å². The van der Waals surface area contributed by atoms with E-state index in [2.05, 4.69) is 11.1 Å². The average Bonchev–Trinajstić information content (AvgIpc) is 3.05. The number of benzene rings is 2. The number of hydrogen-bond donors (Lipinski definition) is 1. The Morgan fingerprint density at radius 1 is 1.26 bits per heavy atom. The van der Waals surface area contributed by atoms with Crippen molar-refractivity contribution >= 4 is 22.6 Å². The summed E-state index contributed by atoms with van der Waals surface area (Å²) in [4.78, 5) is 25.2. The van der Waals surface area contributed by atoms with Crippen LogP contribution in [0.1, 0.15) is 24.0 Å². The lowest BCUT2D eigenvalue weighted by Crippen LogP contribution is -2.00. The number of nitro groups is 1. The molecule has 0 atom stereocenters. The Morgan fingerprint density at radius 2 is 2.00 bits per heavy atom. The highest BCUT2D eigenvalue weighted by atomic mass is 16.6. The zero-order valence-electron chi connectivity index (χ0n) is 14.7. The minimum Gasteiger partial charge on any atom is -0.469 e. The highest BCUT2D eigenvalue weighted by Gasteiger charge is 2.15. The van der Waals surface area contributed by atoms with Gasteiger partial charge in [0.15, 0.2) is 0 Å². The Kier molecular flexibility index (Phi) is 5.18. The molecule has 0 amide bonds. The summed E-state index contributed by atoms with van der Waals surface area (Å²) in [6.45, 7) is 0. The molecule has 1 aromatic heterocycles. The summed E-state index contributed by atoms with van der Waals surface area (Å²) < 4.78 is 4.69. The van der Waals surface area contributed by atoms with Gasteiger partial charge < -0.3 is 9.72 Å². The molecule has 1 N–H and O–H groups in total. The molecule has 7 heteroatoms. The van der Waals surface area contributed by atoms with E-state index in [9.17, 15) is 20.2 Å². The highest BCUT2D eigenvalue weighted by molar-refractivity contribution is 5.91. The second kappa shape index (κ2) is 7.70. The lowest BCUT2D eigenvalue weighted by molar-refractivity contribution is -0.384. The normalized spacial score (nSPS) is 10.5. The number of H-pyrrole nitrogens is 1. The first-order valence-electron chi connectivity index (χ1n) is 8.40. The molecule has 0 spiro atoms. The van der Waals surface area contributed by atoms with Crippen molar-refractivity contribution in [3.63, 3.8) is 0 Å². The number of aromatic amines is 1. The van der Waals surface area contributed by atoms with Crippen molar-refractivity contribution in [2.75, 3.05) is 7.11 Å². The number of nitriles is 1. The zero-order valence-corrected chi connectivity index (χ0v) is 14.7. The first kappa shape index (κ1) is 18.1. The fraction of sp³-hybridized carbons (Fsp3) is 0.200. The number of nitro benzene ring substituents is 1. The van der Waals surface area contributed by atoms with Crippen LogP contribution in [0.5, 0.6) is 0 Å². The Bertz CT molecular complexity index is 1050. The summed E-state index contributed by atoms with van der Waals surface area (Å²) in [6, 6.07) is 13.8. The van der Waals surface area contributed by atoms with Crippen molar-refractivity contribution in [1.82, 2.24) is 4.98 Å². The SMILES string of the molecule is COC(=O)CCCc1c(-c2ccc([N+](=O)[O-])cc2)[nH]c2ccc(C#N)cc12. The van der Waals surface area contributed by atoms with E-state index in [0.29, 0.717) is 24.8 Å². The van der Waals surface area contributed by atoms with Crippen LogP contribution in [0, 0.1) is 21.4 Å². The van der Waals surface area contributed by atoms with Gasteiger partial charge in [-0.2, -0.15) is 5.26 Å². The maximum absolute atomic E-state index is 11.4. The van der Waals surface area contributed by atoms with Gasteiger partial charge in [0.25, 0.3) is 5.69 Å². The van der Waals surface area contributed by atoms with Crippen molar-refractivity contribution in [3.8, 4) is 17.3 Å². The molecule has 7 nitrogen and oxygen atoms in total. The van der Waals surface area contributed by atoms with Crippen molar-refractivity contribution in [2.24, 2.45) is 0 Å². The molecular weight excluding hydrogens is 346 g/mol. The van der Waals surface area contributed by atoms with Crippen LogP contribution in [-0.4, -0.2) is 23.0 Å². The summed E-state index contributed by atoms with van der Waals surface area (Å²) in [5.74, 6) is -0.274. The third-order valence-corrected chi connectivity index (χ3v) is 4.44. The third-order valence-electron chi connectivity index (χ3n) is 4.44. The van der Waals surface area contributed by atoms with Crippen LogP contribution in [0.3, 0.4) is 0 Å². The predicted molar refractivity (Wildman–Crippen MR) is 100 cm³/mol. The fourth-order valence-electron chi connectivity index (χ4n) is 3.08. The van der Waals surface area contributed by atoms with Gasteiger partial charge in [0.2, 0.25) is 0 Å². The molecule has 0 aliphatic rings. The van der Waals surface area contributed by atoms with E-state index in [-0.39, 0.29) is 11.7 Å².